The zero-order valence-electron chi connectivity index (χ0n) is 8.44. The quantitative estimate of drug-likeness (QED) is 0.632. The van der Waals surface area contributed by atoms with Crippen molar-refractivity contribution in [1.29, 1.82) is 0 Å². The van der Waals surface area contributed by atoms with E-state index in [0.717, 1.165) is 6.42 Å². The van der Waals surface area contributed by atoms with Gasteiger partial charge in [-0.05, 0) is 43.2 Å². The first-order valence-electron chi connectivity index (χ1n) is 5.50. The molecule has 1 nitrogen and oxygen atoms in total. The van der Waals surface area contributed by atoms with Crippen molar-refractivity contribution in [2.45, 2.75) is 51.9 Å². The number of hydrogen-bond acceptors (Lipinski definition) is 1. The lowest BCUT2D eigenvalue weighted by Gasteiger charge is -1.99. The lowest BCUT2D eigenvalue weighted by atomic mass is 10.0. The first-order valence-corrected chi connectivity index (χ1v) is 5.50. The molecule has 0 saturated carbocycles. The summed E-state index contributed by atoms with van der Waals surface area (Å²) < 4.78 is 5.61. The van der Waals surface area contributed by atoms with Crippen molar-refractivity contribution in [2.24, 2.45) is 0 Å². The summed E-state index contributed by atoms with van der Waals surface area (Å²) in [4.78, 5) is 0. The van der Waals surface area contributed by atoms with Crippen LogP contribution >= 0.6 is 0 Å². The monoisotopic (exact) mass is 178 g/mol. The maximum Gasteiger partial charge on any atom is 0.107 e. The third kappa shape index (κ3) is 1.79. The number of fused-ring (bicyclic) bond motifs is 1. The minimum atomic E-state index is 1.12. The highest BCUT2D eigenvalue weighted by Gasteiger charge is 2.14. The van der Waals surface area contributed by atoms with Gasteiger partial charge in [-0.2, -0.15) is 0 Å². The van der Waals surface area contributed by atoms with Crippen LogP contribution in [0.2, 0.25) is 0 Å². The molecule has 1 aromatic rings. The third-order valence-electron chi connectivity index (χ3n) is 2.92. The Morgan fingerprint density at radius 1 is 1.23 bits per heavy atom. The van der Waals surface area contributed by atoms with Crippen LogP contribution in [0.4, 0.5) is 0 Å². The Bertz CT molecular complexity index is 273. The molecule has 1 heterocycles. The van der Waals surface area contributed by atoms with Crippen LogP contribution < -0.4 is 0 Å². The molecular weight excluding hydrogens is 160 g/mol. The number of aryl methyl sites for hydroxylation is 2. The van der Waals surface area contributed by atoms with Gasteiger partial charge in [-0.25, -0.2) is 0 Å². The van der Waals surface area contributed by atoms with Gasteiger partial charge in [-0.1, -0.05) is 13.3 Å². The summed E-state index contributed by atoms with van der Waals surface area (Å²) in [6, 6.07) is 0. The van der Waals surface area contributed by atoms with Crippen molar-refractivity contribution < 1.29 is 4.42 Å². The lowest BCUT2D eigenvalue weighted by Crippen LogP contribution is -1.90. The molecule has 0 spiro atoms. The summed E-state index contributed by atoms with van der Waals surface area (Å²) in [5.41, 5.74) is 3.03. The molecule has 0 unspecified atom stereocenters. The smallest absolute Gasteiger partial charge is 0.107 e. The van der Waals surface area contributed by atoms with Crippen molar-refractivity contribution in [1.82, 2.24) is 0 Å². The molecule has 2 rings (SSSR count). The van der Waals surface area contributed by atoms with E-state index in [2.05, 4.69) is 6.92 Å². The second-order valence-corrected chi connectivity index (χ2v) is 3.97. The zero-order chi connectivity index (χ0) is 9.10. The molecule has 1 heteroatoms. The van der Waals surface area contributed by atoms with E-state index in [4.69, 9.17) is 4.42 Å². The van der Waals surface area contributed by atoms with E-state index in [9.17, 15) is 0 Å². The largest absolute Gasteiger partial charge is 0.469 e. The van der Waals surface area contributed by atoms with Gasteiger partial charge in [-0.3, -0.25) is 0 Å². The van der Waals surface area contributed by atoms with Gasteiger partial charge in [-0.15, -0.1) is 0 Å². The Hall–Kier alpha value is -0.720. The second kappa shape index (κ2) is 3.99. The van der Waals surface area contributed by atoms with Gasteiger partial charge in [0, 0.05) is 6.42 Å². The molecule has 0 amide bonds. The molecule has 0 fully saturated rings. The Labute approximate surface area is 80.1 Å². The zero-order valence-corrected chi connectivity index (χ0v) is 8.44. The number of furan rings is 1. The summed E-state index contributed by atoms with van der Waals surface area (Å²) in [6.45, 7) is 2.21. The van der Waals surface area contributed by atoms with Crippen molar-refractivity contribution >= 4 is 0 Å². The van der Waals surface area contributed by atoms with Crippen LogP contribution in [0, 0.1) is 0 Å². The Balaban J connectivity index is 2.23. The molecule has 0 aromatic carbocycles. The normalized spacial score (nSPS) is 16.7. The molecule has 72 valence electrons. The molecule has 0 aliphatic heterocycles. The molecule has 1 aliphatic rings. The van der Waals surface area contributed by atoms with Gasteiger partial charge in [0.15, 0.2) is 0 Å². The fourth-order valence-electron chi connectivity index (χ4n) is 2.20. The molecular formula is C12H18O. The Kier molecular flexibility index (Phi) is 2.72. The van der Waals surface area contributed by atoms with Gasteiger partial charge < -0.3 is 4.42 Å². The molecule has 0 atom stereocenters. The first kappa shape index (κ1) is 8.86. The van der Waals surface area contributed by atoms with Gasteiger partial charge >= 0.3 is 0 Å². The highest BCUT2D eigenvalue weighted by atomic mass is 16.3. The maximum atomic E-state index is 5.61. The Morgan fingerprint density at radius 2 is 2.08 bits per heavy atom. The van der Waals surface area contributed by atoms with Crippen molar-refractivity contribution in [3.05, 3.63) is 23.2 Å². The van der Waals surface area contributed by atoms with Crippen LogP contribution in [-0.4, -0.2) is 0 Å². The minimum absolute atomic E-state index is 1.12. The SMILES string of the molecule is CCCc1occ2c1CCCCC2. The number of hydrogen-bond donors (Lipinski definition) is 0. The van der Waals surface area contributed by atoms with Gasteiger partial charge in [0.1, 0.15) is 5.76 Å². The summed E-state index contributed by atoms with van der Waals surface area (Å²) in [7, 11) is 0. The van der Waals surface area contributed by atoms with E-state index < -0.39 is 0 Å². The van der Waals surface area contributed by atoms with E-state index in [-0.39, 0.29) is 0 Å². The molecule has 0 bridgehead atoms. The molecule has 0 N–H and O–H groups in total. The van der Waals surface area contributed by atoms with Gasteiger partial charge in [0.25, 0.3) is 0 Å². The summed E-state index contributed by atoms with van der Waals surface area (Å²) in [6.07, 6.45) is 10.9. The van der Waals surface area contributed by atoms with Gasteiger partial charge in [0.05, 0.1) is 6.26 Å². The Morgan fingerprint density at radius 3 is 2.92 bits per heavy atom. The van der Waals surface area contributed by atoms with Crippen molar-refractivity contribution in [3.8, 4) is 0 Å². The van der Waals surface area contributed by atoms with Gasteiger partial charge in [0.2, 0.25) is 0 Å². The predicted molar refractivity (Wildman–Crippen MR) is 54.0 cm³/mol. The van der Waals surface area contributed by atoms with E-state index in [1.54, 1.807) is 5.56 Å². The third-order valence-corrected chi connectivity index (χ3v) is 2.92. The molecule has 0 radical (unpaired) electrons. The van der Waals surface area contributed by atoms with Crippen LogP contribution in [0.1, 0.15) is 49.5 Å². The van der Waals surface area contributed by atoms with Crippen molar-refractivity contribution in [3.63, 3.8) is 0 Å². The summed E-state index contributed by atoms with van der Waals surface area (Å²) in [5, 5.41) is 0. The molecule has 1 aromatic heterocycles. The van der Waals surface area contributed by atoms with Crippen LogP contribution in [0.3, 0.4) is 0 Å². The minimum Gasteiger partial charge on any atom is -0.469 e. The average molecular weight is 178 g/mol. The molecule has 13 heavy (non-hydrogen) atoms. The average Bonchev–Trinajstić information content (AvgIpc) is 2.38. The van der Waals surface area contributed by atoms with E-state index >= 15 is 0 Å². The van der Waals surface area contributed by atoms with Crippen LogP contribution in [-0.2, 0) is 19.3 Å². The summed E-state index contributed by atoms with van der Waals surface area (Å²) in [5.74, 6) is 1.26. The highest BCUT2D eigenvalue weighted by molar-refractivity contribution is 5.29. The number of rotatable bonds is 2. The van der Waals surface area contributed by atoms with Crippen LogP contribution in [0.5, 0.6) is 0 Å². The predicted octanol–water partition coefficient (Wildman–Crippen LogP) is 3.50. The van der Waals surface area contributed by atoms with E-state index in [1.165, 1.54) is 49.8 Å². The molecule has 1 aliphatic carbocycles. The van der Waals surface area contributed by atoms with E-state index in [1.807, 2.05) is 6.26 Å². The summed E-state index contributed by atoms with van der Waals surface area (Å²) >= 11 is 0. The standard InChI is InChI=1S/C12H18O/c1-2-6-12-11-8-5-3-4-7-10(11)9-13-12/h9H,2-8H2,1H3. The van der Waals surface area contributed by atoms with E-state index in [0.29, 0.717) is 0 Å². The fraction of sp³-hybridized carbons (Fsp3) is 0.667. The lowest BCUT2D eigenvalue weighted by molar-refractivity contribution is 0.496. The van der Waals surface area contributed by atoms with Crippen LogP contribution in [0.25, 0.3) is 0 Å². The van der Waals surface area contributed by atoms with Crippen molar-refractivity contribution in [2.75, 3.05) is 0 Å². The molecule has 0 saturated heterocycles. The topological polar surface area (TPSA) is 13.1 Å². The fourth-order valence-corrected chi connectivity index (χ4v) is 2.20. The van der Waals surface area contributed by atoms with Crippen LogP contribution in [0.15, 0.2) is 10.7 Å². The maximum absolute atomic E-state index is 5.61. The second-order valence-electron chi connectivity index (χ2n) is 3.97. The first-order chi connectivity index (χ1) is 6.42. The highest BCUT2D eigenvalue weighted by Crippen LogP contribution is 2.26.